The van der Waals surface area contributed by atoms with Crippen molar-refractivity contribution in [3.05, 3.63) is 53.2 Å². The van der Waals surface area contributed by atoms with Gasteiger partial charge in [-0.25, -0.2) is 4.57 Å². The summed E-state index contributed by atoms with van der Waals surface area (Å²) < 4.78 is 2.21. The molecule has 0 atom stereocenters. The van der Waals surface area contributed by atoms with Crippen molar-refractivity contribution >= 4 is 0 Å². The average Bonchev–Trinajstić information content (AvgIpc) is 2.38. The number of hydrogen-bond donors (Lipinski definition) is 0. The quantitative estimate of drug-likeness (QED) is 0.689. The van der Waals surface area contributed by atoms with Crippen molar-refractivity contribution in [3.63, 3.8) is 0 Å². The highest BCUT2D eigenvalue weighted by atomic mass is 14.9. The van der Waals surface area contributed by atoms with Crippen molar-refractivity contribution in [2.75, 3.05) is 0 Å². The van der Waals surface area contributed by atoms with Gasteiger partial charge in [-0.15, -0.1) is 0 Å². The molecule has 0 aliphatic heterocycles. The van der Waals surface area contributed by atoms with Crippen molar-refractivity contribution < 1.29 is 4.57 Å². The van der Waals surface area contributed by atoms with Crippen molar-refractivity contribution in [1.29, 1.82) is 0 Å². The highest BCUT2D eigenvalue weighted by Crippen LogP contribution is 2.28. The first kappa shape index (κ1) is 15.8. The maximum absolute atomic E-state index is 2.33. The monoisotopic (exact) mass is 282 g/mol. The van der Waals surface area contributed by atoms with Gasteiger partial charge in [-0.05, 0) is 41.0 Å². The summed E-state index contributed by atoms with van der Waals surface area (Å²) >= 11 is 0. The molecule has 112 valence electrons. The van der Waals surface area contributed by atoms with Gasteiger partial charge in [0.2, 0.25) is 5.69 Å². The van der Waals surface area contributed by atoms with Gasteiger partial charge < -0.3 is 0 Å². The first-order valence-corrected chi connectivity index (χ1v) is 7.81. The molecular weight excluding hydrogens is 254 g/mol. The Morgan fingerprint density at radius 3 is 2.19 bits per heavy atom. The first-order valence-electron chi connectivity index (χ1n) is 7.81. The molecule has 0 amide bonds. The Bertz CT molecular complexity index is 645. The van der Waals surface area contributed by atoms with Crippen molar-refractivity contribution in [2.45, 2.75) is 52.9 Å². The second kappa shape index (κ2) is 5.63. The summed E-state index contributed by atoms with van der Waals surface area (Å²) in [5.41, 5.74) is 6.93. The molecule has 0 N–H and O–H groups in total. The third-order valence-corrected chi connectivity index (χ3v) is 4.21. The van der Waals surface area contributed by atoms with Gasteiger partial charge in [-0.1, -0.05) is 46.8 Å². The minimum absolute atomic E-state index is 0.175. The van der Waals surface area contributed by atoms with Crippen molar-refractivity contribution in [3.8, 4) is 11.3 Å². The van der Waals surface area contributed by atoms with Crippen LogP contribution in [0.1, 0.15) is 57.2 Å². The number of rotatable bonds is 2. The van der Waals surface area contributed by atoms with Gasteiger partial charge >= 0.3 is 0 Å². The molecular formula is C20H28N+. The lowest BCUT2D eigenvalue weighted by Crippen LogP contribution is -2.31. The molecule has 0 aliphatic carbocycles. The van der Waals surface area contributed by atoms with E-state index in [1.165, 1.54) is 27.9 Å². The minimum atomic E-state index is 0.175. The minimum Gasteiger partial charge on any atom is -0.201 e. The first-order chi connectivity index (χ1) is 9.70. The Morgan fingerprint density at radius 1 is 1.00 bits per heavy atom. The average molecular weight is 282 g/mol. The van der Waals surface area contributed by atoms with Crippen LogP contribution in [-0.4, -0.2) is 0 Å². The Kier molecular flexibility index (Phi) is 4.22. The van der Waals surface area contributed by atoms with Crippen molar-refractivity contribution in [1.82, 2.24) is 0 Å². The molecule has 1 heteroatoms. The summed E-state index contributed by atoms with van der Waals surface area (Å²) in [5, 5.41) is 0. The van der Waals surface area contributed by atoms with E-state index in [1.54, 1.807) is 0 Å². The normalized spacial score (nSPS) is 12.0. The maximum Gasteiger partial charge on any atom is 0.212 e. The van der Waals surface area contributed by atoms with Gasteiger partial charge in [0.25, 0.3) is 0 Å². The van der Waals surface area contributed by atoms with Crippen LogP contribution in [0.3, 0.4) is 0 Å². The van der Waals surface area contributed by atoms with E-state index >= 15 is 0 Å². The van der Waals surface area contributed by atoms with E-state index in [4.69, 9.17) is 0 Å². The molecule has 0 bridgehead atoms. The van der Waals surface area contributed by atoms with Crippen LogP contribution in [-0.2, 0) is 12.5 Å². The van der Waals surface area contributed by atoms with Crippen LogP contribution in [0.5, 0.6) is 0 Å². The molecule has 0 fully saturated rings. The van der Waals surface area contributed by atoms with Gasteiger partial charge in [-0.2, -0.15) is 0 Å². The summed E-state index contributed by atoms with van der Waals surface area (Å²) in [4.78, 5) is 0. The maximum atomic E-state index is 2.33. The zero-order chi connectivity index (χ0) is 15.8. The van der Waals surface area contributed by atoms with Crippen LogP contribution < -0.4 is 4.57 Å². The second-order valence-corrected chi connectivity index (χ2v) is 7.39. The van der Waals surface area contributed by atoms with Gasteiger partial charge in [0.15, 0.2) is 6.20 Å². The number of nitrogens with zero attached hydrogens (tertiary/aromatic N) is 1. The predicted octanol–water partition coefficient (Wildman–Crippen LogP) is 4.91. The highest BCUT2D eigenvalue weighted by molar-refractivity contribution is 5.62. The van der Waals surface area contributed by atoms with Gasteiger partial charge in [0, 0.05) is 17.7 Å². The van der Waals surface area contributed by atoms with Crippen LogP contribution in [0.2, 0.25) is 0 Å². The molecule has 1 nitrogen and oxygen atoms in total. The van der Waals surface area contributed by atoms with Crippen LogP contribution in [0, 0.1) is 6.92 Å². The molecule has 0 unspecified atom stereocenters. The number of aromatic nitrogens is 1. The SMILES string of the molecule is Cc1cc(C(C)C)ccc1-c1cc(C(C)(C)C)cc[n+]1C. The fraction of sp³-hybridized carbons (Fsp3) is 0.450. The van der Waals surface area contributed by atoms with E-state index in [0.717, 1.165) is 0 Å². The Morgan fingerprint density at radius 2 is 1.67 bits per heavy atom. The fourth-order valence-electron chi connectivity index (χ4n) is 2.64. The largest absolute Gasteiger partial charge is 0.212 e. The van der Waals surface area contributed by atoms with Crippen LogP contribution in [0.4, 0.5) is 0 Å². The number of hydrogen-bond acceptors (Lipinski definition) is 0. The molecule has 2 aromatic rings. The molecule has 0 spiro atoms. The summed E-state index contributed by atoms with van der Waals surface area (Å²) in [6, 6.07) is 11.4. The topological polar surface area (TPSA) is 3.88 Å². The smallest absolute Gasteiger partial charge is 0.201 e. The van der Waals surface area contributed by atoms with Crippen LogP contribution >= 0.6 is 0 Å². The van der Waals surface area contributed by atoms with E-state index < -0.39 is 0 Å². The Labute approximate surface area is 129 Å². The van der Waals surface area contributed by atoms with Crippen LogP contribution in [0.15, 0.2) is 36.5 Å². The van der Waals surface area contributed by atoms with Gasteiger partial charge in [0.05, 0.1) is 0 Å². The van der Waals surface area contributed by atoms with Gasteiger partial charge in [0.1, 0.15) is 7.05 Å². The lowest BCUT2D eigenvalue weighted by atomic mass is 9.86. The van der Waals surface area contributed by atoms with E-state index in [1.807, 2.05) is 0 Å². The molecule has 0 aliphatic rings. The zero-order valence-electron chi connectivity index (χ0n) is 14.5. The summed E-state index contributed by atoms with van der Waals surface area (Å²) in [7, 11) is 2.12. The third kappa shape index (κ3) is 3.34. The lowest BCUT2D eigenvalue weighted by Gasteiger charge is -2.19. The van der Waals surface area contributed by atoms with E-state index in [-0.39, 0.29) is 5.41 Å². The third-order valence-electron chi connectivity index (χ3n) is 4.21. The Hall–Kier alpha value is -1.63. The standard InChI is InChI=1S/C20H28N/c1-14(2)16-8-9-18(15(3)12-16)19-13-17(20(4,5)6)10-11-21(19)7/h8-14H,1-7H3/q+1. The zero-order valence-corrected chi connectivity index (χ0v) is 14.5. The van der Waals surface area contributed by atoms with Gasteiger partial charge in [-0.3, -0.25) is 0 Å². The van der Waals surface area contributed by atoms with Crippen LogP contribution in [0.25, 0.3) is 11.3 Å². The molecule has 1 aromatic carbocycles. The number of aryl methyl sites for hydroxylation is 2. The Balaban J connectivity index is 2.56. The van der Waals surface area contributed by atoms with Crippen molar-refractivity contribution in [2.24, 2.45) is 7.05 Å². The summed E-state index contributed by atoms with van der Waals surface area (Å²) in [6.07, 6.45) is 2.17. The fourth-order valence-corrected chi connectivity index (χ4v) is 2.64. The molecule has 1 heterocycles. The second-order valence-electron chi connectivity index (χ2n) is 7.39. The molecule has 0 radical (unpaired) electrons. The molecule has 0 saturated carbocycles. The molecule has 21 heavy (non-hydrogen) atoms. The predicted molar refractivity (Wildman–Crippen MR) is 90.6 cm³/mol. The number of benzene rings is 1. The van der Waals surface area contributed by atoms with E-state index in [9.17, 15) is 0 Å². The molecule has 1 aromatic heterocycles. The lowest BCUT2D eigenvalue weighted by molar-refractivity contribution is -0.660. The van der Waals surface area contributed by atoms with E-state index in [0.29, 0.717) is 5.92 Å². The summed E-state index contributed by atoms with van der Waals surface area (Å²) in [6.45, 7) is 13.5. The molecule has 2 rings (SSSR count). The number of pyridine rings is 1. The van der Waals surface area contributed by atoms with E-state index in [2.05, 4.69) is 89.7 Å². The molecule has 0 saturated heterocycles. The highest BCUT2D eigenvalue weighted by Gasteiger charge is 2.20. The summed E-state index contributed by atoms with van der Waals surface area (Å²) in [5.74, 6) is 0.576.